The molecule has 8 nitrogen and oxygen atoms in total. The summed E-state index contributed by atoms with van der Waals surface area (Å²) in [7, 11) is -3.62. The van der Waals surface area contributed by atoms with Gasteiger partial charge in [0.25, 0.3) is 0 Å². The Morgan fingerprint density at radius 3 is 2.59 bits per heavy atom. The lowest BCUT2D eigenvalue weighted by Gasteiger charge is -2.26. The van der Waals surface area contributed by atoms with Gasteiger partial charge in [-0.2, -0.15) is 4.31 Å². The van der Waals surface area contributed by atoms with E-state index in [0.717, 1.165) is 23.1 Å². The van der Waals surface area contributed by atoms with Gasteiger partial charge in [-0.15, -0.1) is 0 Å². The van der Waals surface area contributed by atoms with Gasteiger partial charge in [-0.1, -0.05) is 36.8 Å². The molecule has 2 heterocycles. The van der Waals surface area contributed by atoms with Gasteiger partial charge < -0.3 is 14.0 Å². The number of nitrogens with zero attached hydrogens (tertiary/aromatic N) is 3. The fourth-order valence-corrected chi connectivity index (χ4v) is 5.29. The molecule has 1 aromatic heterocycles. The molecular weight excluding hydrogens is 454 g/mol. The summed E-state index contributed by atoms with van der Waals surface area (Å²) in [6.45, 7) is 6.18. The zero-order valence-electron chi connectivity index (χ0n) is 19.4. The van der Waals surface area contributed by atoms with Gasteiger partial charge in [-0.25, -0.2) is 18.2 Å². The first kappa shape index (κ1) is 24.1. The van der Waals surface area contributed by atoms with Crippen LogP contribution in [0.1, 0.15) is 30.3 Å². The summed E-state index contributed by atoms with van der Waals surface area (Å²) in [5.74, 6) is 0.112. The Morgan fingerprint density at radius 2 is 1.88 bits per heavy atom. The van der Waals surface area contributed by atoms with E-state index in [9.17, 15) is 13.2 Å². The maximum Gasteiger partial charge on any atom is 0.331 e. The highest BCUT2D eigenvalue weighted by molar-refractivity contribution is 7.89. The Morgan fingerprint density at radius 1 is 1.15 bits per heavy atom. The molecule has 3 aromatic rings. The fourth-order valence-electron chi connectivity index (χ4n) is 3.86. The zero-order valence-corrected chi connectivity index (χ0v) is 20.3. The van der Waals surface area contributed by atoms with E-state index in [1.807, 2.05) is 42.7 Å². The summed E-state index contributed by atoms with van der Waals surface area (Å²) in [4.78, 5) is 17.1. The fraction of sp³-hybridized carbons (Fsp3) is 0.360. The van der Waals surface area contributed by atoms with Crippen LogP contribution in [0.2, 0.25) is 0 Å². The van der Waals surface area contributed by atoms with Crippen LogP contribution in [0, 0.1) is 6.92 Å². The number of ether oxygens (including phenoxy) is 2. The minimum Gasteiger partial charge on any atom is -0.454 e. The van der Waals surface area contributed by atoms with Crippen LogP contribution in [-0.2, 0) is 37.4 Å². The molecule has 2 aromatic carbocycles. The average molecular weight is 484 g/mol. The van der Waals surface area contributed by atoms with E-state index in [2.05, 4.69) is 4.98 Å². The Labute approximate surface area is 199 Å². The Hall–Kier alpha value is -3.01. The van der Waals surface area contributed by atoms with Crippen LogP contribution in [-0.4, -0.2) is 54.5 Å². The van der Waals surface area contributed by atoms with Gasteiger partial charge in [0.15, 0.2) is 0 Å². The summed E-state index contributed by atoms with van der Waals surface area (Å²) in [6, 6.07) is 12.8. The number of morpholine rings is 1. The molecule has 0 spiro atoms. The lowest BCUT2D eigenvalue weighted by atomic mass is 10.1. The molecule has 0 amide bonds. The number of fused-ring (bicyclic) bond motifs is 1. The number of aryl methyl sites for hydroxylation is 2. The van der Waals surface area contributed by atoms with Gasteiger partial charge in [-0.05, 0) is 43.2 Å². The van der Waals surface area contributed by atoms with E-state index in [-0.39, 0.29) is 11.5 Å². The van der Waals surface area contributed by atoms with E-state index < -0.39 is 16.0 Å². The maximum atomic E-state index is 13.0. The van der Waals surface area contributed by atoms with Crippen molar-refractivity contribution in [2.45, 2.75) is 38.3 Å². The van der Waals surface area contributed by atoms with Crippen molar-refractivity contribution in [3.8, 4) is 0 Å². The number of hydrogen-bond acceptors (Lipinski definition) is 6. The van der Waals surface area contributed by atoms with Crippen molar-refractivity contribution in [2.75, 3.05) is 26.3 Å². The van der Waals surface area contributed by atoms with Gasteiger partial charge >= 0.3 is 5.97 Å². The third-order valence-corrected chi connectivity index (χ3v) is 7.58. The Kier molecular flexibility index (Phi) is 7.45. The second kappa shape index (κ2) is 10.5. The molecule has 34 heavy (non-hydrogen) atoms. The molecule has 0 bridgehead atoms. The Balaban J connectivity index is 1.53. The number of benzene rings is 2. The monoisotopic (exact) mass is 483 g/mol. The summed E-state index contributed by atoms with van der Waals surface area (Å²) in [6.07, 6.45) is 3.96. The predicted molar refractivity (Wildman–Crippen MR) is 130 cm³/mol. The van der Waals surface area contributed by atoms with Crippen molar-refractivity contribution < 1.29 is 22.7 Å². The predicted octanol–water partition coefficient (Wildman–Crippen LogP) is 3.53. The first-order valence-corrected chi connectivity index (χ1v) is 12.8. The summed E-state index contributed by atoms with van der Waals surface area (Å²) in [5.41, 5.74) is 3.43. The Bertz CT molecular complexity index is 1290. The van der Waals surface area contributed by atoms with E-state index >= 15 is 0 Å². The molecule has 0 atom stereocenters. The number of aromatic nitrogens is 2. The largest absolute Gasteiger partial charge is 0.454 e. The number of rotatable bonds is 8. The number of imidazole rings is 1. The minimum atomic E-state index is -3.62. The van der Waals surface area contributed by atoms with Crippen molar-refractivity contribution in [3.05, 3.63) is 65.5 Å². The number of esters is 1. The minimum absolute atomic E-state index is 0.00268. The molecule has 1 aliphatic heterocycles. The van der Waals surface area contributed by atoms with E-state index in [0.29, 0.717) is 44.2 Å². The molecular formula is C25H29N3O5S. The van der Waals surface area contributed by atoms with Crippen LogP contribution in [0.4, 0.5) is 0 Å². The van der Waals surface area contributed by atoms with Crippen molar-refractivity contribution in [3.63, 3.8) is 0 Å². The van der Waals surface area contributed by atoms with Gasteiger partial charge in [0.1, 0.15) is 12.4 Å². The van der Waals surface area contributed by atoms with Crippen molar-refractivity contribution in [1.82, 2.24) is 13.9 Å². The van der Waals surface area contributed by atoms with Gasteiger partial charge in [0, 0.05) is 25.7 Å². The quantitative estimate of drug-likeness (QED) is 0.360. The highest BCUT2D eigenvalue weighted by atomic mass is 32.2. The van der Waals surface area contributed by atoms with E-state index in [4.69, 9.17) is 9.47 Å². The number of hydrogen-bond donors (Lipinski definition) is 0. The highest BCUT2D eigenvalue weighted by Crippen LogP contribution is 2.24. The third-order valence-electron chi connectivity index (χ3n) is 5.69. The van der Waals surface area contributed by atoms with Crippen molar-refractivity contribution in [2.24, 2.45) is 0 Å². The van der Waals surface area contributed by atoms with Crippen LogP contribution < -0.4 is 0 Å². The smallest absolute Gasteiger partial charge is 0.331 e. The second-order valence-electron chi connectivity index (χ2n) is 8.20. The molecule has 1 saturated heterocycles. The lowest BCUT2D eigenvalue weighted by Crippen LogP contribution is -2.40. The second-order valence-corrected chi connectivity index (χ2v) is 10.1. The van der Waals surface area contributed by atoms with Gasteiger partial charge in [-0.3, -0.25) is 0 Å². The molecule has 0 N–H and O–H groups in total. The van der Waals surface area contributed by atoms with Crippen molar-refractivity contribution in [1.29, 1.82) is 0 Å². The summed E-state index contributed by atoms with van der Waals surface area (Å²) < 4.78 is 40.2. The topological polar surface area (TPSA) is 90.7 Å². The highest BCUT2D eigenvalue weighted by Gasteiger charge is 2.27. The standard InChI is InChI=1S/C25H29N3O5S/c1-3-12-28-23-10-9-21(34(30,31)27-13-15-32-16-14-27)17-22(23)26-24(28)18-33-25(29)11-8-20-6-4-19(2)5-7-20/h4-11,17H,3,12-16,18H2,1-2H3/b11-8+. The SMILES string of the molecule is CCCn1c(COC(=O)/C=C/c2ccc(C)cc2)nc2cc(S(=O)(=O)N3CCOCC3)ccc21. The van der Waals surface area contributed by atoms with Crippen LogP contribution in [0.3, 0.4) is 0 Å². The molecule has 1 aliphatic rings. The molecule has 0 aliphatic carbocycles. The first-order chi connectivity index (χ1) is 16.4. The van der Waals surface area contributed by atoms with Crippen LogP contribution in [0.15, 0.2) is 53.4 Å². The van der Waals surface area contributed by atoms with Crippen LogP contribution >= 0.6 is 0 Å². The first-order valence-electron chi connectivity index (χ1n) is 11.4. The van der Waals surface area contributed by atoms with E-state index in [1.165, 1.54) is 10.4 Å². The third kappa shape index (κ3) is 5.38. The van der Waals surface area contributed by atoms with Gasteiger partial charge in [0.05, 0.1) is 29.1 Å². The average Bonchev–Trinajstić information content (AvgIpc) is 3.20. The lowest BCUT2D eigenvalue weighted by molar-refractivity contribution is -0.139. The molecule has 0 unspecified atom stereocenters. The molecule has 0 radical (unpaired) electrons. The molecule has 180 valence electrons. The zero-order chi connectivity index (χ0) is 24.1. The normalized spacial score (nSPS) is 15.2. The van der Waals surface area contributed by atoms with Crippen LogP contribution in [0.5, 0.6) is 0 Å². The molecule has 0 saturated carbocycles. The van der Waals surface area contributed by atoms with Crippen molar-refractivity contribution >= 4 is 33.1 Å². The van der Waals surface area contributed by atoms with E-state index in [1.54, 1.807) is 24.3 Å². The number of carbonyl (C=O) groups is 1. The maximum absolute atomic E-state index is 13.0. The molecule has 1 fully saturated rings. The van der Waals surface area contributed by atoms with Gasteiger partial charge in [0.2, 0.25) is 10.0 Å². The number of carbonyl (C=O) groups excluding carboxylic acids is 1. The summed E-state index contributed by atoms with van der Waals surface area (Å²) >= 11 is 0. The summed E-state index contributed by atoms with van der Waals surface area (Å²) in [5, 5.41) is 0. The molecule has 9 heteroatoms. The van der Waals surface area contributed by atoms with Crippen LogP contribution in [0.25, 0.3) is 17.1 Å². The molecule has 4 rings (SSSR count). The number of sulfonamides is 1.